The molecule has 1 saturated carbocycles. The zero-order chi connectivity index (χ0) is 18.0. The summed E-state index contributed by atoms with van der Waals surface area (Å²) in [5.74, 6) is -1.27. The number of carbonyl (C=O) groups excluding carboxylic acids is 2. The molecule has 0 spiro atoms. The molecular formula is C18H14ClF2NO2S. The van der Waals surface area contributed by atoms with Crippen molar-refractivity contribution in [1.82, 2.24) is 0 Å². The molecule has 3 nitrogen and oxygen atoms in total. The molecule has 25 heavy (non-hydrogen) atoms. The van der Waals surface area contributed by atoms with Crippen molar-refractivity contribution >= 4 is 40.7 Å². The van der Waals surface area contributed by atoms with Gasteiger partial charge in [-0.25, -0.2) is 8.78 Å². The second kappa shape index (κ2) is 7.54. The van der Waals surface area contributed by atoms with E-state index in [-0.39, 0.29) is 21.6 Å². The fraction of sp³-hybridized carbons (Fsp3) is 0.222. The predicted octanol–water partition coefficient (Wildman–Crippen LogP) is 5.08. The van der Waals surface area contributed by atoms with Gasteiger partial charge in [-0.1, -0.05) is 11.6 Å². The van der Waals surface area contributed by atoms with Gasteiger partial charge in [-0.3, -0.25) is 9.59 Å². The van der Waals surface area contributed by atoms with Gasteiger partial charge >= 0.3 is 0 Å². The van der Waals surface area contributed by atoms with Crippen LogP contribution in [0.5, 0.6) is 0 Å². The van der Waals surface area contributed by atoms with Crippen LogP contribution in [0.2, 0.25) is 5.02 Å². The number of ketones is 1. The fourth-order valence-electron chi connectivity index (χ4n) is 2.57. The third-order valence-corrected chi connectivity index (χ3v) is 5.46. The molecule has 7 heteroatoms. The highest BCUT2D eigenvalue weighted by molar-refractivity contribution is 8.00. The van der Waals surface area contributed by atoms with E-state index < -0.39 is 17.5 Å². The summed E-state index contributed by atoms with van der Waals surface area (Å²) in [6.07, 6.45) is 1.66. The van der Waals surface area contributed by atoms with Crippen molar-refractivity contribution in [3.63, 3.8) is 0 Å². The predicted molar refractivity (Wildman–Crippen MR) is 94.3 cm³/mol. The average molecular weight is 382 g/mol. The zero-order valence-corrected chi connectivity index (χ0v) is 14.6. The molecule has 0 saturated heterocycles. The Hall–Kier alpha value is -1.92. The van der Waals surface area contributed by atoms with Gasteiger partial charge in [0.05, 0.1) is 5.02 Å². The monoisotopic (exact) mass is 381 g/mol. The number of thioether (sulfide) groups is 1. The van der Waals surface area contributed by atoms with E-state index in [0.29, 0.717) is 29.8 Å². The Balaban J connectivity index is 1.75. The standard InChI is InChI=1S/C18H14ClF2NO2S/c19-14-8-11(2-6-15(14)20)22-18(24)10-1-5-16(21)17(7-10)25-13-4-3-12(23)9-13/h1-2,5-8,13H,3-4,9H2,(H,22,24). The Morgan fingerprint density at radius 3 is 2.60 bits per heavy atom. The third-order valence-electron chi connectivity index (χ3n) is 3.86. The number of rotatable bonds is 4. The zero-order valence-electron chi connectivity index (χ0n) is 13.0. The van der Waals surface area contributed by atoms with E-state index in [1.165, 1.54) is 42.1 Å². The molecule has 2 aromatic carbocycles. The molecule has 0 aromatic heterocycles. The molecule has 0 heterocycles. The quantitative estimate of drug-likeness (QED) is 0.802. The maximum Gasteiger partial charge on any atom is 0.255 e. The topological polar surface area (TPSA) is 46.2 Å². The Morgan fingerprint density at radius 1 is 1.16 bits per heavy atom. The first-order valence-electron chi connectivity index (χ1n) is 7.66. The van der Waals surface area contributed by atoms with Crippen molar-refractivity contribution in [1.29, 1.82) is 0 Å². The first-order chi connectivity index (χ1) is 11.9. The van der Waals surface area contributed by atoms with Gasteiger partial charge in [0.1, 0.15) is 17.4 Å². The number of anilines is 1. The Morgan fingerprint density at radius 2 is 1.92 bits per heavy atom. The molecule has 1 atom stereocenters. The number of benzene rings is 2. The van der Waals surface area contributed by atoms with Crippen LogP contribution in [-0.2, 0) is 4.79 Å². The number of carbonyl (C=O) groups is 2. The van der Waals surface area contributed by atoms with E-state index in [2.05, 4.69) is 5.32 Å². The number of hydrogen-bond donors (Lipinski definition) is 1. The number of hydrogen-bond acceptors (Lipinski definition) is 3. The van der Waals surface area contributed by atoms with E-state index >= 15 is 0 Å². The van der Waals surface area contributed by atoms with Gasteiger partial charge in [-0.15, -0.1) is 11.8 Å². The van der Waals surface area contributed by atoms with Crippen molar-refractivity contribution in [2.45, 2.75) is 29.4 Å². The minimum absolute atomic E-state index is 0.0382. The van der Waals surface area contributed by atoms with E-state index in [9.17, 15) is 18.4 Å². The van der Waals surface area contributed by atoms with Crippen LogP contribution in [0.15, 0.2) is 41.3 Å². The molecule has 0 bridgehead atoms. The van der Waals surface area contributed by atoms with E-state index in [1.807, 2.05) is 0 Å². The number of nitrogens with one attached hydrogen (secondary N) is 1. The lowest BCUT2D eigenvalue weighted by molar-refractivity contribution is -0.117. The molecule has 1 fully saturated rings. The summed E-state index contributed by atoms with van der Waals surface area (Å²) >= 11 is 6.97. The van der Waals surface area contributed by atoms with Gasteiger partial charge in [0.2, 0.25) is 0 Å². The first kappa shape index (κ1) is 17.9. The van der Waals surface area contributed by atoms with Crippen molar-refractivity contribution in [2.75, 3.05) is 5.32 Å². The summed E-state index contributed by atoms with van der Waals surface area (Å²) in [4.78, 5) is 24.0. The molecule has 0 aliphatic heterocycles. The fourth-order valence-corrected chi connectivity index (χ4v) is 3.99. The van der Waals surface area contributed by atoms with E-state index in [4.69, 9.17) is 11.6 Å². The van der Waals surface area contributed by atoms with E-state index in [0.717, 1.165) is 6.07 Å². The van der Waals surface area contributed by atoms with Crippen LogP contribution in [0.4, 0.5) is 14.5 Å². The molecule has 3 rings (SSSR count). The number of Topliss-reactive ketones (excluding diaryl/α,β-unsaturated/α-hetero) is 1. The summed E-state index contributed by atoms with van der Waals surface area (Å²) in [7, 11) is 0. The Kier molecular flexibility index (Phi) is 5.39. The summed E-state index contributed by atoms with van der Waals surface area (Å²) in [6, 6.07) is 7.91. The van der Waals surface area contributed by atoms with Crippen LogP contribution in [0.1, 0.15) is 29.6 Å². The maximum atomic E-state index is 14.0. The lowest BCUT2D eigenvalue weighted by Gasteiger charge is -2.11. The molecule has 2 aromatic rings. The van der Waals surface area contributed by atoms with Crippen LogP contribution < -0.4 is 5.32 Å². The third kappa shape index (κ3) is 4.38. The Bertz CT molecular complexity index is 844. The summed E-state index contributed by atoms with van der Waals surface area (Å²) in [5, 5.41) is 2.54. The number of amides is 1. The molecule has 1 N–H and O–H groups in total. The van der Waals surface area contributed by atoms with Crippen molar-refractivity contribution < 1.29 is 18.4 Å². The SMILES string of the molecule is O=C1CCC(Sc2cc(C(=O)Nc3ccc(F)c(Cl)c3)ccc2F)C1. The second-order valence-corrected chi connectivity index (χ2v) is 7.50. The molecule has 0 radical (unpaired) electrons. The van der Waals surface area contributed by atoms with Gasteiger partial charge in [-0.2, -0.15) is 0 Å². The van der Waals surface area contributed by atoms with Gasteiger partial charge in [-0.05, 0) is 42.8 Å². The second-order valence-electron chi connectivity index (χ2n) is 5.75. The lowest BCUT2D eigenvalue weighted by atomic mass is 10.2. The largest absolute Gasteiger partial charge is 0.322 e. The smallest absolute Gasteiger partial charge is 0.255 e. The highest BCUT2D eigenvalue weighted by atomic mass is 35.5. The van der Waals surface area contributed by atoms with Gasteiger partial charge in [0.15, 0.2) is 0 Å². The maximum absolute atomic E-state index is 14.0. The first-order valence-corrected chi connectivity index (χ1v) is 8.92. The molecule has 1 aliphatic rings. The van der Waals surface area contributed by atoms with Crippen LogP contribution in [0.3, 0.4) is 0 Å². The average Bonchev–Trinajstić information content (AvgIpc) is 2.98. The minimum Gasteiger partial charge on any atom is -0.322 e. The summed E-state index contributed by atoms with van der Waals surface area (Å²) in [6.45, 7) is 0. The van der Waals surface area contributed by atoms with Crippen LogP contribution in [0.25, 0.3) is 0 Å². The summed E-state index contributed by atoms with van der Waals surface area (Å²) in [5.41, 5.74) is 0.616. The van der Waals surface area contributed by atoms with Crippen molar-refractivity contribution in [3.8, 4) is 0 Å². The molecular weight excluding hydrogens is 368 g/mol. The number of halogens is 3. The molecule has 1 aliphatic carbocycles. The molecule has 130 valence electrons. The van der Waals surface area contributed by atoms with Crippen LogP contribution in [0, 0.1) is 11.6 Å². The highest BCUT2D eigenvalue weighted by Gasteiger charge is 2.24. The molecule has 1 unspecified atom stereocenters. The molecule has 1 amide bonds. The van der Waals surface area contributed by atoms with Crippen molar-refractivity contribution in [2.24, 2.45) is 0 Å². The minimum atomic E-state index is -0.578. The van der Waals surface area contributed by atoms with E-state index in [1.54, 1.807) is 0 Å². The van der Waals surface area contributed by atoms with Crippen LogP contribution >= 0.6 is 23.4 Å². The van der Waals surface area contributed by atoms with Crippen LogP contribution in [-0.4, -0.2) is 16.9 Å². The van der Waals surface area contributed by atoms with Gasteiger partial charge in [0.25, 0.3) is 5.91 Å². The lowest BCUT2D eigenvalue weighted by Crippen LogP contribution is -2.12. The summed E-state index contributed by atoms with van der Waals surface area (Å²) < 4.78 is 27.2. The Labute approximate surface area is 152 Å². The normalized spacial score (nSPS) is 16.9. The highest BCUT2D eigenvalue weighted by Crippen LogP contribution is 2.35. The van der Waals surface area contributed by atoms with Crippen molar-refractivity contribution in [3.05, 3.63) is 58.6 Å². The van der Waals surface area contributed by atoms with Gasteiger partial charge in [0, 0.05) is 34.2 Å². The van der Waals surface area contributed by atoms with Gasteiger partial charge < -0.3 is 5.32 Å².